The van der Waals surface area contributed by atoms with Crippen LogP contribution in [0.1, 0.15) is 56.7 Å². The van der Waals surface area contributed by atoms with Crippen LogP contribution in [0.15, 0.2) is 10.4 Å². The lowest BCUT2D eigenvalue weighted by atomic mass is 10.2. The highest BCUT2D eigenvalue weighted by Crippen LogP contribution is 2.28. The third kappa shape index (κ3) is 7.31. The Hall–Kier alpha value is -1.14. The molecule has 5 nitrogen and oxygen atoms in total. The molecule has 0 bridgehead atoms. The molecule has 0 aliphatic heterocycles. The van der Waals surface area contributed by atoms with Crippen LogP contribution in [-0.2, 0) is 11.3 Å². The van der Waals surface area contributed by atoms with Crippen LogP contribution in [0.3, 0.4) is 0 Å². The number of ether oxygens (including phenoxy) is 1. The zero-order valence-electron chi connectivity index (χ0n) is 14.6. The molecule has 1 aliphatic rings. The van der Waals surface area contributed by atoms with Crippen LogP contribution in [0, 0.1) is 5.92 Å². The van der Waals surface area contributed by atoms with Gasteiger partial charge in [-0.3, -0.25) is 0 Å². The van der Waals surface area contributed by atoms with Gasteiger partial charge in [0.25, 0.3) is 0 Å². The molecule has 6 heteroatoms. The lowest BCUT2D eigenvalue weighted by Crippen LogP contribution is -2.38. The van der Waals surface area contributed by atoms with E-state index in [1.54, 1.807) is 11.3 Å². The van der Waals surface area contributed by atoms with E-state index in [1.807, 2.05) is 0 Å². The Morgan fingerprint density at radius 1 is 1.43 bits per heavy atom. The third-order valence-electron chi connectivity index (χ3n) is 3.62. The molecule has 1 fully saturated rings. The molecule has 0 radical (unpaired) electrons. The SMILES string of the molecule is CCNC(=NCc1csc(C(C)C)n1)NCCCOCC1CC1. The molecule has 0 unspecified atom stereocenters. The van der Waals surface area contributed by atoms with E-state index >= 15 is 0 Å². The van der Waals surface area contributed by atoms with Crippen molar-refractivity contribution in [2.45, 2.75) is 52.5 Å². The highest BCUT2D eigenvalue weighted by atomic mass is 32.1. The fraction of sp³-hybridized carbons (Fsp3) is 0.765. The van der Waals surface area contributed by atoms with Crippen molar-refractivity contribution < 1.29 is 4.74 Å². The average molecular weight is 339 g/mol. The first kappa shape index (κ1) is 18.2. The van der Waals surface area contributed by atoms with Gasteiger partial charge in [-0.1, -0.05) is 13.8 Å². The van der Waals surface area contributed by atoms with Crippen LogP contribution in [-0.4, -0.2) is 37.2 Å². The summed E-state index contributed by atoms with van der Waals surface area (Å²) in [6.45, 7) is 10.5. The van der Waals surface area contributed by atoms with Crippen molar-refractivity contribution in [1.29, 1.82) is 0 Å². The summed E-state index contributed by atoms with van der Waals surface area (Å²) in [7, 11) is 0. The van der Waals surface area contributed by atoms with E-state index in [0.717, 1.165) is 50.3 Å². The predicted molar refractivity (Wildman–Crippen MR) is 97.2 cm³/mol. The highest BCUT2D eigenvalue weighted by molar-refractivity contribution is 7.09. The van der Waals surface area contributed by atoms with Crippen molar-refractivity contribution in [2.24, 2.45) is 10.9 Å². The van der Waals surface area contributed by atoms with E-state index < -0.39 is 0 Å². The van der Waals surface area contributed by atoms with Gasteiger partial charge in [-0.15, -0.1) is 11.3 Å². The Morgan fingerprint density at radius 2 is 2.26 bits per heavy atom. The normalized spacial score (nSPS) is 15.2. The number of thiazole rings is 1. The lowest BCUT2D eigenvalue weighted by molar-refractivity contribution is 0.123. The zero-order valence-corrected chi connectivity index (χ0v) is 15.4. The number of aromatic nitrogens is 1. The Kier molecular flexibility index (Phi) is 7.82. The molecule has 2 rings (SSSR count). The maximum Gasteiger partial charge on any atom is 0.191 e. The number of nitrogens with zero attached hydrogens (tertiary/aromatic N) is 2. The van der Waals surface area contributed by atoms with Crippen LogP contribution in [0.2, 0.25) is 0 Å². The molecular weight excluding hydrogens is 308 g/mol. The van der Waals surface area contributed by atoms with Crippen molar-refractivity contribution in [3.05, 3.63) is 16.1 Å². The van der Waals surface area contributed by atoms with Gasteiger partial charge in [0.05, 0.1) is 17.2 Å². The summed E-state index contributed by atoms with van der Waals surface area (Å²) in [4.78, 5) is 9.23. The number of aliphatic imine (C=N–C) groups is 1. The highest BCUT2D eigenvalue weighted by Gasteiger charge is 2.20. The topological polar surface area (TPSA) is 58.5 Å². The summed E-state index contributed by atoms with van der Waals surface area (Å²) in [5.41, 5.74) is 1.05. The Balaban J connectivity index is 1.67. The fourth-order valence-corrected chi connectivity index (χ4v) is 2.90. The molecule has 0 aromatic carbocycles. The Bertz CT molecular complexity index is 483. The van der Waals surface area contributed by atoms with Crippen molar-refractivity contribution in [2.75, 3.05) is 26.3 Å². The minimum Gasteiger partial charge on any atom is -0.381 e. The van der Waals surface area contributed by atoms with Gasteiger partial charge in [-0.25, -0.2) is 9.98 Å². The molecule has 1 aromatic rings. The lowest BCUT2D eigenvalue weighted by Gasteiger charge is -2.11. The first-order valence-corrected chi connectivity index (χ1v) is 9.61. The van der Waals surface area contributed by atoms with Gasteiger partial charge in [0.2, 0.25) is 0 Å². The smallest absolute Gasteiger partial charge is 0.191 e. The second kappa shape index (κ2) is 9.88. The van der Waals surface area contributed by atoms with Gasteiger partial charge in [-0.2, -0.15) is 0 Å². The van der Waals surface area contributed by atoms with Crippen molar-refractivity contribution in [3.63, 3.8) is 0 Å². The number of hydrogen-bond acceptors (Lipinski definition) is 4. The first-order chi connectivity index (χ1) is 11.2. The van der Waals surface area contributed by atoms with E-state index in [4.69, 9.17) is 4.74 Å². The number of rotatable bonds is 10. The molecule has 130 valence electrons. The molecule has 2 N–H and O–H groups in total. The maximum atomic E-state index is 5.64. The fourth-order valence-electron chi connectivity index (χ4n) is 2.08. The molecule has 1 aliphatic carbocycles. The molecule has 1 saturated carbocycles. The molecule has 0 saturated heterocycles. The quantitative estimate of drug-likeness (QED) is 0.391. The third-order valence-corrected chi connectivity index (χ3v) is 4.81. The summed E-state index contributed by atoms with van der Waals surface area (Å²) < 4.78 is 5.64. The summed E-state index contributed by atoms with van der Waals surface area (Å²) in [5, 5.41) is 9.92. The van der Waals surface area contributed by atoms with E-state index in [1.165, 1.54) is 17.8 Å². The molecule has 0 spiro atoms. The minimum absolute atomic E-state index is 0.486. The maximum absolute atomic E-state index is 5.64. The van der Waals surface area contributed by atoms with Gasteiger partial charge in [-0.05, 0) is 32.1 Å². The van der Waals surface area contributed by atoms with Crippen LogP contribution in [0.4, 0.5) is 0 Å². The first-order valence-electron chi connectivity index (χ1n) is 8.73. The van der Waals surface area contributed by atoms with E-state index in [-0.39, 0.29) is 0 Å². The molecule has 23 heavy (non-hydrogen) atoms. The van der Waals surface area contributed by atoms with Crippen molar-refractivity contribution >= 4 is 17.3 Å². The van der Waals surface area contributed by atoms with Crippen LogP contribution >= 0.6 is 11.3 Å². The molecule has 1 heterocycles. The summed E-state index contributed by atoms with van der Waals surface area (Å²) >= 11 is 1.72. The summed E-state index contributed by atoms with van der Waals surface area (Å²) in [6, 6.07) is 0. The summed E-state index contributed by atoms with van der Waals surface area (Å²) in [6.07, 6.45) is 3.71. The molecule has 0 amide bonds. The molecule has 0 atom stereocenters. The van der Waals surface area contributed by atoms with Crippen LogP contribution in [0.25, 0.3) is 0 Å². The predicted octanol–water partition coefficient (Wildman–Crippen LogP) is 3.14. The van der Waals surface area contributed by atoms with Crippen molar-refractivity contribution in [1.82, 2.24) is 15.6 Å². The monoisotopic (exact) mass is 338 g/mol. The van der Waals surface area contributed by atoms with Crippen LogP contribution in [0.5, 0.6) is 0 Å². The Labute approximate surface area is 144 Å². The largest absolute Gasteiger partial charge is 0.381 e. The molecule has 1 aromatic heterocycles. The van der Waals surface area contributed by atoms with Gasteiger partial charge in [0.15, 0.2) is 5.96 Å². The van der Waals surface area contributed by atoms with E-state index in [0.29, 0.717) is 12.5 Å². The van der Waals surface area contributed by atoms with Gasteiger partial charge < -0.3 is 15.4 Å². The second-order valence-corrected chi connectivity index (χ2v) is 7.22. The number of nitrogens with one attached hydrogen (secondary N) is 2. The molecular formula is C17H30N4OS. The van der Waals surface area contributed by atoms with E-state index in [9.17, 15) is 0 Å². The number of hydrogen-bond donors (Lipinski definition) is 2. The second-order valence-electron chi connectivity index (χ2n) is 6.33. The Morgan fingerprint density at radius 3 is 2.91 bits per heavy atom. The minimum atomic E-state index is 0.486. The van der Waals surface area contributed by atoms with Gasteiger partial charge >= 0.3 is 0 Å². The standard InChI is InChI=1S/C17H30N4OS/c1-4-18-17(19-8-5-9-22-11-14-6-7-14)20-10-15-12-23-16(21-15)13(2)3/h12-14H,4-11H2,1-3H3,(H2,18,19,20). The van der Waals surface area contributed by atoms with Crippen molar-refractivity contribution in [3.8, 4) is 0 Å². The van der Waals surface area contributed by atoms with Gasteiger partial charge in [0.1, 0.15) is 0 Å². The average Bonchev–Trinajstić information content (AvgIpc) is 3.22. The van der Waals surface area contributed by atoms with Crippen LogP contribution < -0.4 is 10.6 Å². The van der Waals surface area contributed by atoms with E-state index in [2.05, 4.69) is 46.8 Å². The van der Waals surface area contributed by atoms with Gasteiger partial charge in [0, 0.05) is 37.6 Å². The number of guanidine groups is 1. The zero-order chi connectivity index (χ0) is 16.5. The summed E-state index contributed by atoms with van der Waals surface area (Å²) in [5.74, 6) is 2.18.